The Morgan fingerprint density at radius 3 is 2.41 bits per heavy atom. The zero-order chi connectivity index (χ0) is 12.3. The number of hydrogen-bond donors (Lipinski definition) is 0. The van der Waals surface area contributed by atoms with Crippen LogP contribution in [0.1, 0.15) is 38.7 Å². The van der Waals surface area contributed by atoms with Crippen LogP contribution in [0.15, 0.2) is 48.1 Å². The number of rotatable bonds is 3. The number of hydrogen-bond acceptors (Lipinski definition) is 0. The Bertz CT molecular complexity index is 439. The SMILES string of the molecule is CC[C@](C)(C1=CCCC=C1)c1ccc(F)cc1. The van der Waals surface area contributed by atoms with Gasteiger partial charge in [-0.25, -0.2) is 4.39 Å². The molecule has 0 aromatic heterocycles. The summed E-state index contributed by atoms with van der Waals surface area (Å²) >= 11 is 0. The first-order valence-electron chi connectivity index (χ1n) is 6.30. The fourth-order valence-electron chi connectivity index (χ4n) is 2.42. The standard InChI is InChI=1S/C16H19F/c1-3-16(2,13-7-5-4-6-8-13)14-9-11-15(17)12-10-14/h5,7-12H,3-4,6H2,1-2H3/t16-/m1/s1. The van der Waals surface area contributed by atoms with Crippen LogP contribution in [0, 0.1) is 5.82 Å². The van der Waals surface area contributed by atoms with Crippen LogP contribution in [0.5, 0.6) is 0 Å². The zero-order valence-corrected chi connectivity index (χ0v) is 10.5. The van der Waals surface area contributed by atoms with E-state index in [9.17, 15) is 4.39 Å². The molecular formula is C16H19F. The van der Waals surface area contributed by atoms with Crippen LogP contribution >= 0.6 is 0 Å². The average molecular weight is 230 g/mol. The average Bonchev–Trinajstić information content (AvgIpc) is 2.40. The van der Waals surface area contributed by atoms with Crippen LogP contribution in [0.25, 0.3) is 0 Å². The molecule has 0 bridgehead atoms. The monoisotopic (exact) mass is 230 g/mol. The van der Waals surface area contributed by atoms with Crippen molar-refractivity contribution in [3.8, 4) is 0 Å². The van der Waals surface area contributed by atoms with Gasteiger partial charge in [-0.3, -0.25) is 0 Å². The first-order valence-corrected chi connectivity index (χ1v) is 6.30. The highest BCUT2D eigenvalue weighted by Gasteiger charge is 2.28. The Morgan fingerprint density at radius 1 is 1.18 bits per heavy atom. The molecule has 0 saturated carbocycles. The Labute approximate surface area is 103 Å². The van der Waals surface area contributed by atoms with Gasteiger partial charge in [-0.2, -0.15) is 0 Å². The molecule has 1 aliphatic carbocycles. The van der Waals surface area contributed by atoms with Crippen molar-refractivity contribution in [2.24, 2.45) is 0 Å². The van der Waals surface area contributed by atoms with E-state index >= 15 is 0 Å². The van der Waals surface area contributed by atoms with Crippen molar-refractivity contribution < 1.29 is 4.39 Å². The molecule has 0 saturated heterocycles. The Kier molecular flexibility index (Phi) is 3.46. The lowest BCUT2D eigenvalue weighted by molar-refractivity contribution is 0.540. The molecule has 0 aliphatic heterocycles. The summed E-state index contributed by atoms with van der Waals surface area (Å²) in [6.07, 6.45) is 10.0. The summed E-state index contributed by atoms with van der Waals surface area (Å²) in [5, 5.41) is 0. The van der Waals surface area contributed by atoms with Crippen LogP contribution in [-0.2, 0) is 5.41 Å². The van der Waals surface area contributed by atoms with E-state index in [1.807, 2.05) is 12.1 Å². The molecule has 1 heteroatoms. The molecule has 17 heavy (non-hydrogen) atoms. The van der Waals surface area contributed by atoms with E-state index in [4.69, 9.17) is 0 Å². The first kappa shape index (κ1) is 12.1. The lowest BCUT2D eigenvalue weighted by atomic mass is 9.72. The van der Waals surface area contributed by atoms with Crippen LogP contribution < -0.4 is 0 Å². The number of benzene rings is 1. The normalized spacial score (nSPS) is 18.6. The van der Waals surface area contributed by atoms with Gasteiger partial charge >= 0.3 is 0 Å². The highest BCUT2D eigenvalue weighted by molar-refractivity contribution is 5.42. The van der Waals surface area contributed by atoms with Crippen molar-refractivity contribution in [3.05, 3.63) is 59.4 Å². The minimum Gasteiger partial charge on any atom is -0.207 e. The summed E-state index contributed by atoms with van der Waals surface area (Å²) in [5.41, 5.74) is 2.56. The van der Waals surface area contributed by atoms with Gasteiger partial charge < -0.3 is 0 Å². The Hall–Kier alpha value is -1.37. The van der Waals surface area contributed by atoms with Crippen LogP contribution in [0.4, 0.5) is 4.39 Å². The second-order valence-electron chi connectivity index (χ2n) is 4.83. The number of allylic oxidation sites excluding steroid dienone is 4. The van der Waals surface area contributed by atoms with Crippen molar-refractivity contribution in [1.82, 2.24) is 0 Å². The molecule has 1 aromatic rings. The summed E-state index contributed by atoms with van der Waals surface area (Å²) in [6.45, 7) is 4.42. The fraction of sp³-hybridized carbons (Fsp3) is 0.375. The first-order chi connectivity index (χ1) is 8.16. The summed E-state index contributed by atoms with van der Waals surface area (Å²) in [7, 11) is 0. The third kappa shape index (κ3) is 2.33. The molecule has 2 rings (SSSR count). The summed E-state index contributed by atoms with van der Waals surface area (Å²) in [4.78, 5) is 0. The summed E-state index contributed by atoms with van der Waals surface area (Å²) in [5.74, 6) is -0.166. The van der Waals surface area contributed by atoms with Crippen molar-refractivity contribution >= 4 is 0 Å². The molecular weight excluding hydrogens is 211 g/mol. The van der Waals surface area contributed by atoms with Gasteiger partial charge in [-0.05, 0) is 42.5 Å². The van der Waals surface area contributed by atoms with E-state index in [1.54, 1.807) is 12.1 Å². The number of halogens is 1. The third-order valence-corrected chi connectivity index (χ3v) is 3.82. The zero-order valence-electron chi connectivity index (χ0n) is 10.5. The van der Waals surface area contributed by atoms with Gasteiger partial charge in [0.05, 0.1) is 0 Å². The van der Waals surface area contributed by atoms with Gasteiger partial charge in [0.25, 0.3) is 0 Å². The van der Waals surface area contributed by atoms with Gasteiger partial charge in [0, 0.05) is 5.41 Å². The molecule has 0 heterocycles. The molecule has 0 unspecified atom stereocenters. The fourth-order valence-corrected chi connectivity index (χ4v) is 2.42. The van der Waals surface area contributed by atoms with Crippen LogP contribution in [-0.4, -0.2) is 0 Å². The van der Waals surface area contributed by atoms with Gasteiger partial charge in [0.1, 0.15) is 5.82 Å². The molecule has 0 N–H and O–H groups in total. The predicted octanol–water partition coefficient (Wildman–Crippen LogP) is 4.77. The highest BCUT2D eigenvalue weighted by atomic mass is 19.1. The van der Waals surface area contributed by atoms with Crippen molar-refractivity contribution in [2.45, 2.75) is 38.5 Å². The van der Waals surface area contributed by atoms with Crippen molar-refractivity contribution in [1.29, 1.82) is 0 Å². The summed E-state index contributed by atoms with van der Waals surface area (Å²) < 4.78 is 13.0. The van der Waals surface area contributed by atoms with Gasteiger partial charge in [0.2, 0.25) is 0 Å². The quantitative estimate of drug-likeness (QED) is 0.701. The molecule has 1 aromatic carbocycles. The minimum atomic E-state index is -0.166. The molecule has 0 spiro atoms. The smallest absolute Gasteiger partial charge is 0.123 e. The largest absolute Gasteiger partial charge is 0.207 e. The maximum Gasteiger partial charge on any atom is 0.123 e. The molecule has 0 nitrogen and oxygen atoms in total. The summed E-state index contributed by atoms with van der Waals surface area (Å²) in [6, 6.07) is 6.91. The van der Waals surface area contributed by atoms with E-state index in [0.717, 1.165) is 19.3 Å². The Balaban J connectivity index is 2.39. The topological polar surface area (TPSA) is 0 Å². The van der Waals surface area contributed by atoms with E-state index in [0.29, 0.717) is 0 Å². The van der Waals surface area contributed by atoms with Crippen LogP contribution in [0.2, 0.25) is 0 Å². The van der Waals surface area contributed by atoms with Crippen molar-refractivity contribution in [3.63, 3.8) is 0 Å². The van der Waals surface area contributed by atoms with E-state index in [-0.39, 0.29) is 11.2 Å². The lowest BCUT2D eigenvalue weighted by Crippen LogP contribution is -2.23. The molecule has 1 atom stereocenters. The van der Waals surface area contributed by atoms with E-state index in [2.05, 4.69) is 32.1 Å². The maximum atomic E-state index is 13.0. The second kappa shape index (κ2) is 4.87. The highest BCUT2D eigenvalue weighted by Crippen LogP contribution is 2.37. The van der Waals surface area contributed by atoms with Gasteiger partial charge in [0.15, 0.2) is 0 Å². The molecule has 0 radical (unpaired) electrons. The third-order valence-electron chi connectivity index (χ3n) is 3.82. The Morgan fingerprint density at radius 2 is 1.88 bits per heavy atom. The molecule has 0 fully saturated rings. The maximum absolute atomic E-state index is 13.0. The molecule has 1 aliphatic rings. The minimum absolute atomic E-state index is 0.00458. The van der Waals surface area contributed by atoms with Crippen LogP contribution in [0.3, 0.4) is 0 Å². The van der Waals surface area contributed by atoms with E-state index in [1.165, 1.54) is 11.1 Å². The van der Waals surface area contributed by atoms with E-state index < -0.39 is 0 Å². The van der Waals surface area contributed by atoms with Gasteiger partial charge in [-0.1, -0.05) is 44.2 Å². The predicted molar refractivity (Wildman–Crippen MR) is 70.5 cm³/mol. The lowest BCUT2D eigenvalue weighted by Gasteiger charge is -2.32. The van der Waals surface area contributed by atoms with Crippen molar-refractivity contribution in [2.75, 3.05) is 0 Å². The molecule has 90 valence electrons. The molecule has 0 amide bonds. The van der Waals surface area contributed by atoms with Gasteiger partial charge in [-0.15, -0.1) is 0 Å². The second-order valence-corrected chi connectivity index (χ2v) is 4.83.